The van der Waals surface area contributed by atoms with Crippen LogP contribution in [0.25, 0.3) is 0 Å². The van der Waals surface area contributed by atoms with E-state index < -0.39 is 0 Å². The summed E-state index contributed by atoms with van der Waals surface area (Å²) in [5, 5.41) is 0. The van der Waals surface area contributed by atoms with Crippen LogP contribution in [0, 0.1) is 5.41 Å². The van der Waals surface area contributed by atoms with Gasteiger partial charge in [0.15, 0.2) is 0 Å². The van der Waals surface area contributed by atoms with Crippen LogP contribution in [0.2, 0.25) is 0 Å². The van der Waals surface area contributed by atoms with E-state index in [0.717, 1.165) is 6.42 Å². The van der Waals surface area contributed by atoms with Gasteiger partial charge in [-0.1, -0.05) is 20.8 Å². The van der Waals surface area contributed by atoms with Crippen LogP contribution in [0.1, 0.15) is 61.3 Å². The maximum atomic E-state index is 11.7. The van der Waals surface area contributed by atoms with Gasteiger partial charge in [0.1, 0.15) is 5.78 Å². The highest BCUT2D eigenvalue weighted by Gasteiger charge is 2.22. The van der Waals surface area contributed by atoms with Crippen molar-refractivity contribution in [3.8, 4) is 0 Å². The van der Waals surface area contributed by atoms with Gasteiger partial charge < -0.3 is 4.74 Å². The Balaban J connectivity index is 3.92. The lowest BCUT2D eigenvalue weighted by Gasteiger charge is -2.25. The Morgan fingerprint density at radius 2 is 1.60 bits per heavy atom. The maximum Gasteiger partial charge on any atom is 0.138 e. The van der Waals surface area contributed by atoms with E-state index in [1.54, 1.807) is 0 Å². The van der Waals surface area contributed by atoms with Gasteiger partial charge in [-0.2, -0.15) is 0 Å². The van der Waals surface area contributed by atoms with E-state index in [0.29, 0.717) is 12.2 Å². The van der Waals surface area contributed by atoms with Crippen molar-refractivity contribution < 1.29 is 9.53 Å². The van der Waals surface area contributed by atoms with Crippen molar-refractivity contribution in [2.75, 3.05) is 0 Å². The van der Waals surface area contributed by atoms with Gasteiger partial charge in [0.25, 0.3) is 0 Å². The minimum Gasteiger partial charge on any atom is -0.373 e. The van der Waals surface area contributed by atoms with E-state index in [2.05, 4.69) is 0 Å². The molecule has 0 bridgehead atoms. The van der Waals surface area contributed by atoms with Crippen LogP contribution in [0.4, 0.5) is 0 Å². The minimum absolute atomic E-state index is 0.121. The lowest BCUT2D eigenvalue weighted by molar-refractivity contribution is -0.127. The first-order chi connectivity index (χ1) is 6.52. The molecule has 1 atom stereocenters. The summed E-state index contributed by atoms with van der Waals surface area (Å²) in [4.78, 5) is 11.7. The summed E-state index contributed by atoms with van der Waals surface area (Å²) in [6, 6.07) is 0. The highest BCUT2D eigenvalue weighted by molar-refractivity contribution is 5.83. The summed E-state index contributed by atoms with van der Waals surface area (Å²) in [5.74, 6) is 0.312. The summed E-state index contributed by atoms with van der Waals surface area (Å²) in [6.45, 7) is 14.0. The smallest absolute Gasteiger partial charge is 0.138 e. The Morgan fingerprint density at radius 3 is 1.93 bits per heavy atom. The second-order valence-electron chi connectivity index (χ2n) is 6.25. The molecule has 0 saturated heterocycles. The number of ketones is 1. The fourth-order valence-corrected chi connectivity index (χ4v) is 1.37. The van der Waals surface area contributed by atoms with Crippen molar-refractivity contribution in [1.82, 2.24) is 0 Å². The first kappa shape index (κ1) is 14.6. The average Bonchev–Trinajstić information content (AvgIpc) is 1.94. The zero-order chi connectivity index (χ0) is 12.3. The number of carbonyl (C=O) groups excluding carboxylic acids is 1. The number of Topliss-reactive ketones (excluding diaryl/α,β-unsaturated/α-hetero) is 1. The molecule has 2 nitrogen and oxygen atoms in total. The Labute approximate surface area is 94.4 Å². The van der Waals surface area contributed by atoms with Crippen LogP contribution in [-0.4, -0.2) is 17.5 Å². The standard InChI is InChI=1S/C13H26O2/c1-10(15-13(5,6)7)8-9-11(14)12(2,3)4/h10H,8-9H2,1-7H3. The Hall–Kier alpha value is -0.370. The molecule has 0 fully saturated rings. The second kappa shape index (κ2) is 5.11. The van der Waals surface area contributed by atoms with Crippen LogP contribution in [0.3, 0.4) is 0 Å². The fraction of sp³-hybridized carbons (Fsp3) is 0.923. The zero-order valence-corrected chi connectivity index (χ0v) is 11.3. The van der Waals surface area contributed by atoms with Crippen LogP contribution in [0.15, 0.2) is 0 Å². The molecule has 0 aromatic carbocycles. The van der Waals surface area contributed by atoms with E-state index >= 15 is 0 Å². The molecule has 0 aliphatic heterocycles. The lowest BCUT2D eigenvalue weighted by atomic mass is 9.88. The zero-order valence-electron chi connectivity index (χ0n) is 11.3. The molecule has 0 aromatic rings. The molecular formula is C13H26O2. The molecular weight excluding hydrogens is 188 g/mol. The molecule has 0 amide bonds. The maximum absolute atomic E-state index is 11.7. The third kappa shape index (κ3) is 7.55. The van der Waals surface area contributed by atoms with Crippen LogP contribution in [-0.2, 0) is 9.53 Å². The number of hydrogen-bond donors (Lipinski definition) is 0. The molecule has 0 aliphatic carbocycles. The molecule has 1 unspecified atom stereocenters. The van der Waals surface area contributed by atoms with Crippen LogP contribution < -0.4 is 0 Å². The van der Waals surface area contributed by atoms with E-state index in [4.69, 9.17) is 4.74 Å². The first-order valence-electron chi connectivity index (χ1n) is 5.73. The summed E-state index contributed by atoms with van der Waals surface area (Å²) >= 11 is 0. The fourth-order valence-electron chi connectivity index (χ4n) is 1.37. The number of hydrogen-bond acceptors (Lipinski definition) is 2. The number of ether oxygens (including phenoxy) is 1. The van der Waals surface area contributed by atoms with Crippen molar-refractivity contribution in [3.63, 3.8) is 0 Å². The van der Waals surface area contributed by atoms with Gasteiger partial charge in [-0.3, -0.25) is 4.79 Å². The van der Waals surface area contributed by atoms with Crippen molar-refractivity contribution >= 4 is 5.78 Å². The summed E-state index contributed by atoms with van der Waals surface area (Å²) in [5.41, 5.74) is -0.342. The predicted octanol–water partition coefficient (Wildman–Crippen LogP) is 3.59. The highest BCUT2D eigenvalue weighted by Crippen LogP contribution is 2.20. The molecule has 0 radical (unpaired) electrons. The lowest BCUT2D eigenvalue weighted by Crippen LogP contribution is -2.27. The third-order valence-electron chi connectivity index (χ3n) is 2.17. The van der Waals surface area contributed by atoms with Gasteiger partial charge in [0.2, 0.25) is 0 Å². The van der Waals surface area contributed by atoms with Gasteiger partial charge in [0.05, 0.1) is 11.7 Å². The van der Waals surface area contributed by atoms with Crippen molar-refractivity contribution in [1.29, 1.82) is 0 Å². The van der Waals surface area contributed by atoms with E-state index in [-0.39, 0.29) is 17.1 Å². The minimum atomic E-state index is -0.221. The van der Waals surface area contributed by atoms with E-state index in [9.17, 15) is 4.79 Å². The molecule has 0 N–H and O–H groups in total. The average molecular weight is 214 g/mol. The van der Waals surface area contributed by atoms with Crippen molar-refractivity contribution in [2.45, 2.75) is 73.0 Å². The van der Waals surface area contributed by atoms with Crippen molar-refractivity contribution in [2.24, 2.45) is 5.41 Å². The largest absolute Gasteiger partial charge is 0.373 e. The third-order valence-corrected chi connectivity index (χ3v) is 2.17. The number of rotatable bonds is 4. The summed E-state index contributed by atoms with van der Waals surface area (Å²) < 4.78 is 5.75. The summed E-state index contributed by atoms with van der Waals surface area (Å²) in [6.07, 6.45) is 1.57. The topological polar surface area (TPSA) is 26.3 Å². The molecule has 0 saturated carbocycles. The van der Waals surface area contributed by atoms with Crippen LogP contribution in [0.5, 0.6) is 0 Å². The first-order valence-corrected chi connectivity index (χ1v) is 5.73. The molecule has 0 spiro atoms. The van der Waals surface area contributed by atoms with Gasteiger partial charge >= 0.3 is 0 Å². The molecule has 2 heteroatoms. The quantitative estimate of drug-likeness (QED) is 0.715. The van der Waals surface area contributed by atoms with Gasteiger partial charge in [-0.25, -0.2) is 0 Å². The molecule has 0 aromatic heterocycles. The Morgan fingerprint density at radius 1 is 1.13 bits per heavy atom. The predicted molar refractivity (Wildman–Crippen MR) is 64.0 cm³/mol. The van der Waals surface area contributed by atoms with Crippen molar-refractivity contribution in [3.05, 3.63) is 0 Å². The van der Waals surface area contributed by atoms with Gasteiger partial charge in [0, 0.05) is 11.8 Å². The Kier molecular flexibility index (Phi) is 4.98. The number of carbonyl (C=O) groups is 1. The van der Waals surface area contributed by atoms with Crippen LogP contribution >= 0.6 is 0 Å². The van der Waals surface area contributed by atoms with E-state index in [1.165, 1.54) is 0 Å². The Bertz CT molecular complexity index is 206. The highest BCUT2D eigenvalue weighted by atomic mass is 16.5. The second-order valence-corrected chi connectivity index (χ2v) is 6.25. The monoisotopic (exact) mass is 214 g/mol. The molecule has 0 rings (SSSR count). The van der Waals surface area contributed by atoms with E-state index in [1.807, 2.05) is 48.5 Å². The molecule has 0 aliphatic rings. The normalized spacial score (nSPS) is 15.1. The summed E-state index contributed by atoms with van der Waals surface area (Å²) in [7, 11) is 0. The molecule has 0 heterocycles. The molecule has 15 heavy (non-hydrogen) atoms. The SMILES string of the molecule is CC(CCC(=O)C(C)(C)C)OC(C)(C)C. The van der Waals surface area contributed by atoms with Gasteiger partial charge in [-0.05, 0) is 34.1 Å². The molecule has 90 valence electrons. The van der Waals surface area contributed by atoms with Gasteiger partial charge in [-0.15, -0.1) is 0 Å².